The first-order chi connectivity index (χ1) is 14.0. The number of carbonyl (C=O) groups excluding carboxylic acids is 2. The van der Waals surface area contributed by atoms with Crippen molar-refractivity contribution in [2.24, 2.45) is 5.92 Å². The first-order valence-corrected chi connectivity index (χ1v) is 10.2. The third-order valence-corrected chi connectivity index (χ3v) is 5.66. The van der Waals surface area contributed by atoms with Gasteiger partial charge in [-0.15, -0.1) is 11.6 Å². The van der Waals surface area contributed by atoms with Gasteiger partial charge in [-0.3, -0.25) is 9.59 Å². The Morgan fingerprint density at radius 3 is 2.76 bits per heavy atom. The molecule has 2 aromatic heterocycles. The van der Waals surface area contributed by atoms with E-state index >= 15 is 0 Å². The van der Waals surface area contributed by atoms with Crippen LogP contribution < -0.4 is 5.32 Å². The van der Waals surface area contributed by atoms with Crippen LogP contribution in [-0.4, -0.2) is 27.5 Å². The highest BCUT2D eigenvalue weighted by Crippen LogP contribution is 2.36. The van der Waals surface area contributed by atoms with Gasteiger partial charge >= 0.3 is 0 Å². The number of Topliss-reactive ketones (excluding diaryl/α,β-unsaturated/α-hetero) is 1. The van der Waals surface area contributed by atoms with Crippen LogP contribution in [0.5, 0.6) is 0 Å². The fourth-order valence-electron chi connectivity index (χ4n) is 3.98. The van der Waals surface area contributed by atoms with Crippen molar-refractivity contribution in [2.75, 3.05) is 11.2 Å². The molecule has 0 aliphatic heterocycles. The monoisotopic (exact) mass is 407 g/mol. The predicted octanol–water partition coefficient (Wildman–Crippen LogP) is 4.61. The number of hydrogen-bond donors (Lipinski definition) is 2. The number of aromatic amines is 1. The van der Waals surface area contributed by atoms with Crippen molar-refractivity contribution in [2.45, 2.75) is 26.2 Å². The molecule has 3 aromatic rings. The van der Waals surface area contributed by atoms with Crippen molar-refractivity contribution < 1.29 is 9.59 Å². The average Bonchev–Trinajstić information content (AvgIpc) is 3.07. The summed E-state index contributed by atoms with van der Waals surface area (Å²) in [6.45, 7) is 1.45. The topological polar surface area (TPSA) is 74.8 Å². The molecule has 1 aliphatic carbocycles. The maximum absolute atomic E-state index is 13.0. The molecule has 5 nitrogen and oxygen atoms in total. The number of anilines is 1. The number of fused-ring (bicyclic) bond motifs is 1. The number of aromatic nitrogens is 2. The molecule has 1 atom stereocenters. The second-order valence-corrected chi connectivity index (χ2v) is 7.77. The van der Waals surface area contributed by atoms with Gasteiger partial charge in [-0.05, 0) is 35.6 Å². The number of alkyl halides is 1. The maximum Gasteiger partial charge on any atom is 0.222 e. The van der Waals surface area contributed by atoms with Crippen molar-refractivity contribution in [3.05, 3.63) is 71.0 Å². The lowest BCUT2D eigenvalue weighted by Gasteiger charge is -2.19. The molecule has 1 amide bonds. The lowest BCUT2D eigenvalue weighted by atomic mass is 9.84. The molecule has 0 fully saturated rings. The average molecular weight is 408 g/mol. The minimum Gasteiger partial charge on any atom is -0.358 e. The molecule has 1 aromatic carbocycles. The van der Waals surface area contributed by atoms with Crippen LogP contribution in [0.15, 0.2) is 48.7 Å². The predicted molar refractivity (Wildman–Crippen MR) is 114 cm³/mol. The van der Waals surface area contributed by atoms with Crippen LogP contribution in [-0.2, 0) is 17.6 Å². The van der Waals surface area contributed by atoms with Crippen LogP contribution in [0.3, 0.4) is 0 Å². The van der Waals surface area contributed by atoms with Crippen molar-refractivity contribution in [1.29, 1.82) is 0 Å². The molecule has 1 unspecified atom stereocenters. The van der Waals surface area contributed by atoms with Crippen LogP contribution in [0.1, 0.15) is 40.5 Å². The molecular weight excluding hydrogens is 386 g/mol. The number of nitrogens with one attached hydrogen (secondary N) is 2. The summed E-state index contributed by atoms with van der Waals surface area (Å²) in [7, 11) is 0. The zero-order valence-electron chi connectivity index (χ0n) is 16.2. The van der Waals surface area contributed by atoms with Gasteiger partial charge in [-0.25, -0.2) is 4.98 Å². The van der Waals surface area contributed by atoms with Crippen LogP contribution in [0.4, 0.5) is 5.82 Å². The molecule has 2 N–H and O–H groups in total. The van der Waals surface area contributed by atoms with Gasteiger partial charge < -0.3 is 10.3 Å². The van der Waals surface area contributed by atoms with E-state index in [4.69, 9.17) is 11.6 Å². The molecule has 0 saturated carbocycles. The lowest BCUT2D eigenvalue weighted by molar-refractivity contribution is -0.114. The quantitative estimate of drug-likeness (QED) is 0.606. The summed E-state index contributed by atoms with van der Waals surface area (Å²) < 4.78 is 0. The van der Waals surface area contributed by atoms with Gasteiger partial charge in [-0.2, -0.15) is 0 Å². The highest BCUT2D eigenvalue weighted by molar-refractivity contribution is 6.18. The second-order valence-electron chi connectivity index (χ2n) is 7.46. The van der Waals surface area contributed by atoms with Crippen molar-refractivity contribution in [1.82, 2.24) is 9.97 Å². The van der Waals surface area contributed by atoms with E-state index in [0.29, 0.717) is 24.5 Å². The minimum atomic E-state index is -0.176. The fourth-order valence-corrected chi connectivity index (χ4v) is 4.20. The SMILES string of the molecule is CC(=O)Nc1cc(-c2[nH]c3c(c2Cc2ccccc2)C(=O)CC(CCl)C3)ccn1. The number of halogens is 1. The minimum absolute atomic E-state index is 0.140. The number of nitrogens with zero attached hydrogens (tertiary/aromatic N) is 1. The van der Waals surface area contributed by atoms with Gasteiger partial charge in [0.2, 0.25) is 5.91 Å². The van der Waals surface area contributed by atoms with E-state index in [0.717, 1.165) is 40.1 Å². The number of amides is 1. The molecule has 0 radical (unpaired) electrons. The smallest absolute Gasteiger partial charge is 0.222 e. The Morgan fingerprint density at radius 1 is 1.24 bits per heavy atom. The third kappa shape index (κ3) is 4.10. The largest absolute Gasteiger partial charge is 0.358 e. The molecule has 0 spiro atoms. The Kier molecular flexibility index (Phi) is 5.49. The lowest BCUT2D eigenvalue weighted by Crippen LogP contribution is -2.21. The number of hydrogen-bond acceptors (Lipinski definition) is 3. The normalized spacial score (nSPS) is 15.8. The van der Waals surface area contributed by atoms with Crippen LogP contribution in [0.25, 0.3) is 11.3 Å². The highest BCUT2D eigenvalue weighted by Gasteiger charge is 2.31. The van der Waals surface area contributed by atoms with Crippen LogP contribution in [0, 0.1) is 5.92 Å². The Hall–Kier alpha value is -2.92. The Labute approximate surface area is 174 Å². The van der Waals surface area contributed by atoms with Crippen molar-refractivity contribution >= 4 is 29.1 Å². The molecule has 0 saturated heterocycles. The van der Waals surface area contributed by atoms with Crippen molar-refractivity contribution in [3.8, 4) is 11.3 Å². The summed E-state index contributed by atoms with van der Waals surface area (Å²) in [5, 5.41) is 2.72. The highest BCUT2D eigenvalue weighted by atomic mass is 35.5. The summed E-state index contributed by atoms with van der Waals surface area (Å²) >= 11 is 6.06. The summed E-state index contributed by atoms with van der Waals surface area (Å²) in [5.41, 5.74) is 5.66. The van der Waals surface area contributed by atoms with Crippen molar-refractivity contribution in [3.63, 3.8) is 0 Å². The van der Waals surface area contributed by atoms with Crippen LogP contribution in [0.2, 0.25) is 0 Å². The summed E-state index contributed by atoms with van der Waals surface area (Å²) in [6.07, 6.45) is 3.55. The van der Waals surface area contributed by atoms with E-state index in [-0.39, 0.29) is 17.6 Å². The standard InChI is InChI=1S/C23H22ClN3O2/c1-14(28)26-21-12-17(7-8-25-21)23-18(9-15-5-3-2-4-6-15)22-19(27-23)10-16(13-24)11-20(22)29/h2-8,12,16,27H,9-11,13H2,1H3,(H,25,26,28). The molecule has 29 heavy (non-hydrogen) atoms. The maximum atomic E-state index is 13.0. The van der Waals surface area contributed by atoms with E-state index < -0.39 is 0 Å². The molecule has 4 rings (SSSR count). The molecule has 0 bridgehead atoms. The molecule has 2 heterocycles. The first-order valence-electron chi connectivity index (χ1n) is 9.66. The fraction of sp³-hybridized carbons (Fsp3) is 0.261. The number of benzene rings is 1. The molecule has 6 heteroatoms. The Bertz CT molecular complexity index is 1060. The Morgan fingerprint density at radius 2 is 2.03 bits per heavy atom. The van der Waals surface area contributed by atoms with Gasteiger partial charge in [-0.1, -0.05) is 30.3 Å². The van der Waals surface area contributed by atoms with Gasteiger partial charge in [0.25, 0.3) is 0 Å². The second kappa shape index (κ2) is 8.21. The molecule has 1 aliphatic rings. The van der Waals surface area contributed by atoms with Gasteiger partial charge in [0, 0.05) is 48.7 Å². The zero-order valence-corrected chi connectivity index (χ0v) is 16.9. The molecular formula is C23H22ClN3O2. The third-order valence-electron chi connectivity index (χ3n) is 5.22. The van der Waals surface area contributed by atoms with E-state index in [2.05, 4.69) is 27.4 Å². The van der Waals surface area contributed by atoms with Gasteiger partial charge in [0.05, 0.1) is 5.69 Å². The summed E-state index contributed by atoms with van der Waals surface area (Å²) in [4.78, 5) is 32.1. The van der Waals surface area contributed by atoms with Crippen LogP contribution >= 0.6 is 11.6 Å². The first kappa shape index (κ1) is 19.4. The number of ketones is 1. The number of H-pyrrole nitrogens is 1. The summed E-state index contributed by atoms with van der Waals surface area (Å²) in [5.74, 6) is 1.07. The van der Waals surface area contributed by atoms with Gasteiger partial charge in [0.1, 0.15) is 5.82 Å². The van der Waals surface area contributed by atoms with Gasteiger partial charge in [0.15, 0.2) is 5.78 Å². The number of pyridine rings is 1. The summed E-state index contributed by atoms with van der Waals surface area (Å²) in [6, 6.07) is 13.8. The van der Waals surface area contributed by atoms with E-state index in [9.17, 15) is 9.59 Å². The number of carbonyl (C=O) groups is 2. The number of rotatable bonds is 5. The van der Waals surface area contributed by atoms with E-state index in [1.165, 1.54) is 6.92 Å². The molecule has 148 valence electrons. The van der Waals surface area contributed by atoms with E-state index in [1.807, 2.05) is 30.3 Å². The van der Waals surface area contributed by atoms with E-state index in [1.54, 1.807) is 6.20 Å². The Balaban J connectivity index is 1.83. The zero-order chi connectivity index (χ0) is 20.4.